The first kappa shape index (κ1) is 9.71. The number of rotatable bonds is 6. The summed E-state index contributed by atoms with van der Waals surface area (Å²) in [6, 6.07) is 0. The molecule has 0 aromatic rings. The van der Waals surface area contributed by atoms with E-state index in [2.05, 4.69) is 29.6 Å². The molecule has 0 aliphatic carbocycles. The first-order valence-electron chi connectivity index (χ1n) is 5.04. The van der Waals surface area contributed by atoms with Crippen molar-refractivity contribution in [2.75, 3.05) is 26.2 Å². The van der Waals surface area contributed by atoms with Gasteiger partial charge in [0.15, 0.2) is 0 Å². The maximum absolute atomic E-state index is 5.73. The highest BCUT2D eigenvalue weighted by atomic mass is 16.4. The van der Waals surface area contributed by atoms with Gasteiger partial charge in [-0.3, -0.25) is 0 Å². The van der Waals surface area contributed by atoms with Crippen LogP contribution in [0.5, 0.6) is 0 Å². The fourth-order valence-corrected chi connectivity index (χ4v) is 1.71. The summed E-state index contributed by atoms with van der Waals surface area (Å²) in [4.78, 5) is 0. The van der Waals surface area contributed by atoms with E-state index in [0.717, 1.165) is 19.7 Å². The van der Waals surface area contributed by atoms with Crippen molar-refractivity contribution in [1.29, 1.82) is 0 Å². The van der Waals surface area contributed by atoms with E-state index >= 15 is 0 Å². The fourth-order valence-electron chi connectivity index (χ4n) is 1.71. The van der Waals surface area contributed by atoms with Crippen molar-refractivity contribution in [3.05, 3.63) is 35.2 Å². The predicted octanol–water partition coefficient (Wildman–Crippen LogP) is 0.0574. The summed E-state index contributed by atoms with van der Waals surface area (Å²) in [7, 11) is 0. The van der Waals surface area contributed by atoms with Crippen molar-refractivity contribution < 1.29 is 4.65 Å². The van der Waals surface area contributed by atoms with Gasteiger partial charge < -0.3 is 15.7 Å². The Morgan fingerprint density at radius 3 is 2.50 bits per heavy atom. The molecular weight excluding hydrogens is 175 g/mol. The minimum atomic E-state index is 0.203. The standard InChI is InChI=1S/C10H15BN2O/c12-5-6-13-7-8-14-11-9-1-2-10(11)4-3-9/h1-4,13H,5-8,12H2. The Kier molecular flexibility index (Phi) is 3.19. The van der Waals surface area contributed by atoms with Gasteiger partial charge in [-0.15, -0.1) is 0 Å². The highest BCUT2D eigenvalue weighted by Crippen LogP contribution is 2.27. The van der Waals surface area contributed by atoms with Crippen LogP contribution in [0.2, 0.25) is 0 Å². The summed E-state index contributed by atoms with van der Waals surface area (Å²) in [5, 5.41) is 3.20. The minimum Gasteiger partial charge on any atom is -0.426 e. The molecule has 14 heavy (non-hydrogen) atoms. The van der Waals surface area contributed by atoms with Crippen LogP contribution < -0.4 is 11.1 Å². The van der Waals surface area contributed by atoms with E-state index in [1.165, 1.54) is 10.9 Å². The zero-order chi connectivity index (χ0) is 9.80. The molecule has 2 aliphatic rings. The zero-order valence-corrected chi connectivity index (χ0v) is 8.20. The van der Waals surface area contributed by atoms with Crippen LogP contribution in [0.1, 0.15) is 0 Å². The van der Waals surface area contributed by atoms with E-state index in [0.29, 0.717) is 6.54 Å². The van der Waals surface area contributed by atoms with E-state index in [1.807, 2.05) is 0 Å². The van der Waals surface area contributed by atoms with Crippen LogP contribution in [0.15, 0.2) is 35.2 Å². The molecule has 0 spiro atoms. The van der Waals surface area contributed by atoms with Gasteiger partial charge in [-0.1, -0.05) is 24.3 Å². The SMILES string of the molecule is NCCNCCOB1C2=CC=C1C=C2. The molecule has 2 aliphatic heterocycles. The molecule has 0 atom stereocenters. The van der Waals surface area contributed by atoms with Gasteiger partial charge in [0.25, 0.3) is 0 Å². The third-order valence-electron chi connectivity index (χ3n) is 2.43. The maximum Gasteiger partial charge on any atom is 0.361 e. The van der Waals surface area contributed by atoms with E-state index in [-0.39, 0.29) is 6.92 Å². The molecule has 0 saturated heterocycles. The second kappa shape index (κ2) is 4.60. The smallest absolute Gasteiger partial charge is 0.361 e. The summed E-state index contributed by atoms with van der Waals surface area (Å²) < 4.78 is 5.73. The maximum atomic E-state index is 5.73. The number of allylic oxidation sites excluding steroid dienone is 6. The van der Waals surface area contributed by atoms with Gasteiger partial charge in [-0.05, 0) is 10.9 Å². The van der Waals surface area contributed by atoms with E-state index in [1.54, 1.807) is 0 Å². The lowest BCUT2D eigenvalue weighted by atomic mass is 9.61. The molecule has 3 N–H and O–H groups in total. The average molecular weight is 190 g/mol. The summed E-state index contributed by atoms with van der Waals surface area (Å²) in [6.07, 6.45) is 8.47. The molecule has 4 heteroatoms. The van der Waals surface area contributed by atoms with Gasteiger partial charge in [0.05, 0.1) is 0 Å². The van der Waals surface area contributed by atoms with Crippen LogP contribution in [-0.4, -0.2) is 33.2 Å². The summed E-state index contributed by atoms with van der Waals surface area (Å²) in [5.41, 5.74) is 7.91. The third-order valence-corrected chi connectivity index (χ3v) is 2.43. The third kappa shape index (κ3) is 1.98. The Bertz CT molecular complexity index is 274. The molecule has 0 aromatic heterocycles. The molecule has 3 nitrogen and oxygen atoms in total. The number of fused-ring (bicyclic) bond motifs is 2. The Labute approximate surface area is 84.8 Å². The van der Waals surface area contributed by atoms with Crippen molar-refractivity contribution in [2.24, 2.45) is 5.73 Å². The van der Waals surface area contributed by atoms with Gasteiger partial charge in [-0.25, -0.2) is 0 Å². The van der Waals surface area contributed by atoms with Crippen LogP contribution in [0.4, 0.5) is 0 Å². The summed E-state index contributed by atoms with van der Waals surface area (Å²) >= 11 is 0. The van der Waals surface area contributed by atoms with Gasteiger partial charge in [0, 0.05) is 26.2 Å². The first-order valence-corrected chi connectivity index (χ1v) is 5.04. The molecule has 0 amide bonds. The summed E-state index contributed by atoms with van der Waals surface area (Å²) in [6.45, 7) is 3.35. The Balaban J connectivity index is 1.64. The molecule has 74 valence electrons. The van der Waals surface area contributed by atoms with Crippen LogP contribution >= 0.6 is 0 Å². The minimum absolute atomic E-state index is 0.203. The Morgan fingerprint density at radius 2 is 1.93 bits per heavy atom. The summed E-state index contributed by atoms with van der Waals surface area (Å²) in [5.74, 6) is 0. The van der Waals surface area contributed by atoms with E-state index < -0.39 is 0 Å². The van der Waals surface area contributed by atoms with E-state index in [4.69, 9.17) is 10.4 Å². The van der Waals surface area contributed by atoms with Crippen molar-refractivity contribution in [3.63, 3.8) is 0 Å². The molecule has 0 aromatic carbocycles. The quantitative estimate of drug-likeness (QED) is 0.459. The van der Waals surface area contributed by atoms with Crippen molar-refractivity contribution >= 4 is 6.92 Å². The van der Waals surface area contributed by atoms with Crippen LogP contribution in [-0.2, 0) is 4.65 Å². The molecule has 2 bridgehead atoms. The molecular formula is C10H15BN2O. The molecule has 0 radical (unpaired) electrons. The lowest BCUT2D eigenvalue weighted by Gasteiger charge is -2.09. The Morgan fingerprint density at radius 1 is 1.21 bits per heavy atom. The number of hydrogen-bond donors (Lipinski definition) is 2. The first-order chi connectivity index (χ1) is 6.92. The second-order valence-electron chi connectivity index (χ2n) is 3.46. The monoisotopic (exact) mass is 190 g/mol. The highest BCUT2D eigenvalue weighted by Gasteiger charge is 2.30. The Hall–Kier alpha value is -0.835. The van der Waals surface area contributed by atoms with Crippen LogP contribution in [0.3, 0.4) is 0 Å². The number of nitrogens with two attached hydrogens (primary N) is 1. The van der Waals surface area contributed by atoms with Gasteiger partial charge in [0.2, 0.25) is 0 Å². The number of hydrogen-bond acceptors (Lipinski definition) is 3. The van der Waals surface area contributed by atoms with Crippen molar-refractivity contribution in [2.45, 2.75) is 0 Å². The second-order valence-corrected chi connectivity index (χ2v) is 3.46. The fraction of sp³-hybridized carbons (Fsp3) is 0.400. The average Bonchev–Trinajstić information content (AvgIpc) is 2.77. The van der Waals surface area contributed by atoms with Crippen LogP contribution in [0.25, 0.3) is 0 Å². The largest absolute Gasteiger partial charge is 0.426 e. The predicted molar refractivity (Wildman–Crippen MR) is 58.9 cm³/mol. The van der Waals surface area contributed by atoms with Crippen molar-refractivity contribution in [3.8, 4) is 0 Å². The van der Waals surface area contributed by atoms with E-state index in [9.17, 15) is 0 Å². The lowest BCUT2D eigenvalue weighted by Crippen LogP contribution is -2.29. The number of nitrogens with one attached hydrogen (secondary N) is 1. The molecule has 0 saturated carbocycles. The zero-order valence-electron chi connectivity index (χ0n) is 8.20. The highest BCUT2D eigenvalue weighted by molar-refractivity contribution is 6.72. The molecule has 0 fully saturated rings. The topological polar surface area (TPSA) is 47.3 Å². The lowest BCUT2D eigenvalue weighted by molar-refractivity contribution is 0.327. The molecule has 0 unspecified atom stereocenters. The molecule has 2 rings (SSSR count). The molecule has 2 heterocycles. The van der Waals surface area contributed by atoms with Gasteiger partial charge in [-0.2, -0.15) is 0 Å². The van der Waals surface area contributed by atoms with Crippen molar-refractivity contribution in [1.82, 2.24) is 5.32 Å². The normalized spacial score (nSPS) is 17.6. The van der Waals surface area contributed by atoms with Gasteiger partial charge in [0.1, 0.15) is 0 Å². The van der Waals surface area contributed by atoms with Gasteiger partial charge >= 0.3 is 6.92 Å². The van der Waals surface area contributed by atoms with Crippen LogP contribution in [0, 0.1) is 0 Å².